The van der Waals surface area contributed by atoms with Crippen molar-refractivity contribution in [1.82, 2.24) is 5.32 Å². The summed E-state index contributed by atoms with van der Waals surface area (Å²) in [5, 5.41) is 12.5. The fourth-order valence-corrected chi connectivity index (χ4v) is 1.94. The maximum Gasteiger partial charge on any atom is 0.251 e. The lowest BCUT2D eigenvalue weighted by Gasteiger charge is -2.31. The van der Waals surface area contributed by atoms with Crippen LogP contribution in [0, 0.1) is 0 Å². The molecule has 0 spiro atoms. The van der Waals surface area contributed by atoms with Gasteiger partial charge in [0.05, 0.1) is 17.0 Å². The molecule has 0 atom stereocenters. The number of aliphatic hydroxyl groups is 1. The highest BCUT2D eigenvalue weighted by Gasteiger charge is 2.19. The maximum absolute atomic E-state index is 11.7. The largest absolute Gasteiger partial charge is 0.397 e. The molecule has 5 heteroatoms. The molecule has 1 aromatic rings. The fourth-order valence-electron chi connectivity index (χ4n) is 1.94. The second kappa shape index (κ2) is 5.93. The summed E-state index contributed by atoms with van der Waals surface area (Å²) in [5.74, 6) is -0.152. The Morgan fingerprint density at radius 2 is 2.11 bits per heavy atom. The third-order valence-electron chi connectivity index (χ3n) is 2.82. The molecule has 0 saturated heterocycles. The number of carbonyl (C=O) groups excluding carboxylic acids is 1. The van der Waals surface area contributed by atoms with Gasteiger partial charge in [0, 0.05) is 25.7 Å². The second-order valence-electron chi connectivity index (χ2n) is 5.18. The Bertz CT molecular complexity index is 452. The van der Waals surface area contributed by atoms with Crippen LogP contribution in [0.15, 0.2) is 18.2 Å². The van der Waals surface area contributed by atoms with Gasteiger partial charge in [-0.05, 0) is 39.0 Å². The molecule has 106 valence electrons. The molecule has 0 radical (unpaired) electrons. The summed E-state index contributed by atoms with van der Waals surface area (Å²) in [6.45, 7) is 6.62. The predicted octanol–water partition coefficient (Wildman–Crippen LogP) is 1.23. The van der Waals surface area contributed by atoms with E-state index in [9.17, 15) is 9.90 Å². The van der Waals surface area contributed by atoms with Crippen LogP contribution in [0.4, 0.5) is 11.4 Å². The molecule has 0 bridgehead atoms. The Morgan fingerprint density at radius 3 is 2.58 bits per heavy atom. The van der Waals surface area contributed by atoms with E-state index in [0.717, 1.165) is 5.69 Å². The zero-order valence-electron chi connectivity index (χ0n) is 12.0. The minimum Gasteiger partial charge on any atom is -0.397 e. The van der Waals surface area contributed by atoms with Gasteiger partial charge in [-0.15, -0.1) is 0 Å². The summed E-state index contributed by atoms with van der Waals surface area (Å²) < 4.78 is 0. The van der Waals surface area contributed by atoms with Crippen molar-refractivity contribution >= 4 is 17.3 Å². The lowest BCUT2D eigenvalue weighted by atomic mass is 10.1. The summed E-state index contributed by atoms with van der Waals surface area (Å²) in [7, 11) is 1.59. The van der Waals surface area contributed by atoms with Crippen LogP contribution < -0.4 is 16.0 Å². The molecular formula is C14H23N3O2. The highest BCUT2D eigenvalue weighted by atomic mass is 16.3. The molecule has 0 fully saturated rings. The number of hydrogen-bond donors (Lipinski definition) is 3. The molecule has 4 N–H and O–H groups in total. The molecular weight excluding hydrogens is 242 g/mol. The van der Waals surface area contributed by atoms with Gasteiger partial charge in [-0.3, -0.25) is 4.79 Å². The first-order valence-electron chi connectivity index (χ1n) is 6.37. The van der Waals surface area contributed by atoms with E-state index in [4.69, 9.17) is 5.73 Å². The lowest BCUT2D eigenvalue weighted by molar-refractivity contribution is 0.0876. The van der Waals surface area contributed by atoms with E-state index < -0.39 is 5.60 Å². The lowest BCUT2D eigenvalue weighted by Crippen LogP contribution is -2.39. The molecule has 0 unspecified atom stereocenters. The normalized spacial score (nSPS) is 11.2. The van der Waals surface area contributed by atoms with Crippen molar-refractivity contribution in [2.75, 3.05) is 30.8 Å². The van der Waals surface area contributed by atoms with Gasteiger partial charge in [-0.25, -0.2) is 0 Å². The van der Waals surface area contributed by atoms with Crippen LogP contribution in [0.5, 0.6) is 0 Å². The minimum absolute atomic E-state index is 0.152. The first-order valence-corrected chi connectivity index (χ1v) is 6.37. The summed E-state index contributed by atoms with van der Waals surface area (Å²) in [6.07, 6.45) is 0. The van der Waals surface area contributed by atoms with Crippen molar-refractivity contribution in [3.63, 3.8) is 0 Å². The topological polar surface area (TPSA) is 78.6 Å². The molecule has 19 heavy (non-hydrogen) atoms. The number of anilines is 2. The van der Waals surface area contributed by atoms with Gasteiger partial charge < -0.3 is 21.1 Å². The molecule has 0 heterocycles. The molecule has 5 nitrogen and oxygen atoms in total. The quantitative estimate of drug-likeness (QED) is 0.700. The molecule has 1 rings (SSSR count). The van der Waals surface area contributed by atoms with Crippen molar-refractivity contribution < 1.29 is 9.90 Å². The Hall–Kier alpha value is -1.75. The smallest absolute Gasteiger partial charge is 0.251 e. The van der Waals surface area contributed by atoms with E-state index in [1.54, 1.807) is 39.1 Å². The Labute approximate surface area is 114 Å². The molecule has 0 aliphatic rings. The van der Waals surface area contributed by atoms with Crippen LogP contribution in [-0.4, -0.2) is 36.8 Å². The molecule has 0 saturated carbocycles. The van der Waals surface area contributed by atoms with Crippen molar-refractivity contribution in [2.24, 2.45) is 0 Å². The average molecular weight is 265 g/mol. The van der Waals surface area contributed by atoms with Gasteiger partial charge >= 0.3 is 0 Å². The van der Waals surface area contributed by atoms with Gasteiger partial charge in [-0.2, -0.15) is 0 Å². The van der Waals surface area contributed by atoms with Crippen LogP contribution in [0.25, 0.3) is 0 Å². The van der Waals surface area contributed by atoms with E-state index in [0.29, 0.717) is 24.3 Å². The first-order chi connectivity index (χ1) is 8.78. The number of nitrogens with one attached hydrogen (secondary N) is 1. The number of nitrogens with zero attached hydrogens (tertiary/aromatic N) is 1. The third kappa shape index (κ3) is 4.13. The molecule has 1 amide bonds. The molecule has 1 aromatic carbocycles. The molecule has 0 aromatic heterocycles. The third-order valence-corrected chi connectivity index (χ3v) is 2.82. The highest BCUT2D eigenvalue weighted by Crippen LogP contribution is 2.26. The van der Waals surface area contributed by atoms with Crippen LogP contribution in [0.2, 0.25) is 0 Å². The number of benzene rings is 1. The first kappa shape index (κ1) is 15.3. The fraction of sp³-hybridized carbons (Fsp3) is 0.500. The zero-order valence-corrected chi connectivity index (χ0v) is 12.0. The van der Waals surface area contributed by atoms with E-state index in [1.807, 2.05) is 11.8 Å². The monoisotopic (exact) mass is 265 g/mol. The van der Waals surface area contributed by atoms with Gasteiger partial charge in [-0.1, -0.05) is 0 Å². The van der Waals surface area contributed by atoms with Crippen molar-refractivity contribution in [2.45, 2.75) is 26.4 Å². The molecule has 0 aliphatic carbocycles. The van der Waals surface area contributed by atoms with Crippen LogP contribution in [0.1, 0.15) is 31.1 Å². The maximum atomic E-state index is 11.7. The van der Waals surface area contributed by atoms with Crippen LogP contribution in [-0.2, 0) is 0 Å². The number of nitrogen functional groups attached to an aromatic ring is 1. The van der Waals surface area contributed by atoms with Crippen LogP contribution >= 0.6 is 0 Å². The van der Waals surface area contributed by atoms with Crippen molar-refractivity contribution in [3.8, 4) is 0 Å². The summed E-state index contributed by atoms with van der Waals surface area (Å²) >= 11 is 0. The predicted molar refractivity (Wildman–Crippen MR) is 78.4 cm³/mol. The van der Waals surface area contributed by atoms with Crippen molar-refractivity contribution in [3.05, 3.63) is 23.8 Å². The van der Waals surface area contributed by atoms with E-state index >= 15 is 0 Å². The van der Waals surface area contributed by atoms with Gasteiger partial charge in [0.15, 0.2) is 0 Å². The number of rotatable bonds is 5. The van der Waals surface area contributed by atoms with Gasteiger partial charge in [0.1, 0.15) is 0 Å². The Morgan fingerprint density at radius 1 is 1.47 bits per heavy atom. The standard InChI is InChI=1S/C14H23N3O2/c1-5-17(9-14(2,3)19)12-8-10(13(18)16-4)6-7-11(12)15/h6-8,19H,5,9,15H2,1-4H3,(H,16,18). The number of carbonyl (C=O) groups is 1. The van der Waals surface area contributed by atoms with Gasteiger partial charge in [0.2, 0.25) is 0 Å². The minimum atomic E-state index is -0.828. The Balaban J connectivity index is 3.12. The van der Waals surface area contributed by atoms with E-state index in [-0.39, 0.29) is 5.91 Å². The Kier molecular flexibility index (Phi) is 4.78. The zero-order chi connectivity index (χ0) is 14.6. The highest BCUT2D eigenvalue weighted by molar-refractivity contribution is 5.96. The summed E-state index contributed by atoms with van der Waals surface area (Å²) in [4.78, 5) is 13.6. The summed E-state index contributed by atoms with van der Waals surface area (Å²) in [5.41, 5.74) is 7.07. The number of nitrogens with two attached hydrogens (primary N) is 1. The number of amides is 1. The average Bonchev–Trinajstić information content (AvgIpc) is 2.34. The molecule has 0 aliphatic heterocycles. The summed E-state index contributed by atoms with van der Waals surface area (Å²) in [6, 6.07) is 5.16. The second-order valence-corrected chi connectivity index (χ2v) is 5.18. The van der Waals surface area contributed by atoms with Gasteiger partial charge in [0.25, 0.3) is 5.91 Å². The van der Waals surface area contributed by atoms with E-state index in [2.05, 4.69) is 5.32 Å². The number of likely N-dealkylation sites (N-methyl/N-ethyl adjacent to an activating group) is 1. The van der Waals surface area contributed by atoms with Crippen LogP contribution in [0.3, 0.4) is 0 Å². The van der Waals surface area contributed by atoms with Crippen molar-refractivity contribution in [1.29, 1.82) is 0 Å². The SMILES string of the molecule is CCN(CC(C)(C)O)c1cc(C(=O)NC)ccc1N. The number of hydrogen-bond acceptors (Lipinski definition) is 4. The van der Waals surface area contributed by atoms with E-state index in [1.165, 1.54) is 0 Å².